The molecule has 0 bridgehead atoms. The molecule has 2 aliphatic heterocycles. The Kier molecular flexibility index (Phi) is 8.21. The van der Waals surface area contributed by atoms with E-state index in [2.05, 4.69) is 50.8 Å². The van der Waals surface area contributed by atoms with E-state index in [1.165, 1.54) is 5.39 Å². The molecule has 2 aliphatic rings. The number of rotatable bonds is 9. The number of hydrogen-bond donors (Lipinski definition) is 2. The van der Waals surface area contributed by atoms with Crippen molar-refractivity contribution in [1.82, 2.24) is 9.88 Å². The van der Waals surface area contributed by atoms with Gasteiger partial charge in [-0.3, -0.25) is 14.7 Å². The van der Waals surface area contributed by atoms with Gasteiger partial charge in [0.25, 0.3) is 5.91 Å². The second kappa shape index (κ2) is 12.5. The van der Waals surface area contributed by atoms with Crippen molar-refractivity contribution in [3.05, 3.63) is 102 Å². The zero-order chi connectivity index (χ0) is 28.0. The van der Waals surface area contributed by atoms with E-state index in [-0.39, 0.29) is 18.6 Å². The second-order valence-electron chi connectivity index (χ2n) is 10.7. The number of ether oxygens (including phenoxy) is 2. The maximum atomic E-state index is 13.0. The van der Waals surface area contributed by atoms with Crippen LogP contribution in [0.5, 0.6) is 0 Å². The van der Waals surface area contributed by atoms with Gasteiger partial charge in [-0.25, -0.2) is 4.79 Å². The zero-order valence-corrected chi connectivity index (χ0v) is 22.9. The predicted octanol–water partition coefficient (Wildman–Crippen LogP) is 5.51. The molecule has 2 N–H and O–H groups in total. The van der Waals surface area contributed by atoms with E-state index < -0.39 is 5.97 Å². The topological polar surface area (TPSA) is 92.8 Å². The molecule has 41 heavy (non-hydrogen) atoms. The summed E-state index contributed by atoms with van der Waals surface area (Å²) >= 11 is 0. The Morgan fingerprint density at radius 2 is 1.88 bits per heavy atom. The van der Waals surface area contributed by atoms with Crippen LogP contribution in [0.15, 0.2) is 85.2 Å². The van der Waals surface area contributed by atoms with Crippen LogP contribution < -0.4 is 10.6 Å². The summed E-state index contributed by atoms with van der Waals surface area (Å²) in [6.45, 7) is 3.67. The van der Waals surface area contributed by atoms with E-state index >= 15 is 0 Å². The monoisotopic (exact) mass is 550 g/mol. The highest BCUT2D eigenvalue weighted by atomic mass is 16.6. The first-order valence-electron chi connectivity index (χ1n) is 14.2. The number of aromatic nitrogens is 1. The number of esters is 1. The molecule has 1 amide bonds. The zero-order valence-electron chi connectivity index (χ0n) is 22.9. The van der Waals surface area contributed by atoms with Crippen LogP contribution in [0, 0.1) is 0 Å². The fourth-order valence-electron chi connectivity index (χ4n) is 5.59. The minimum Gasteiger partial charge on any atom is -0.459 e. The molecule has 1 aromatic heterocycles. The summed E-state index contributed by atoms with van der Waals surface area (Å²) in [5.41, 5.74) is 3.74. The molecule has 3 heterocycles. The van der Waals surface area contributed by atoms with Gasteiger partial charge < -0.3 is 20.1 Å². The Labute approximate surface area is 239 Å². The minimum atomic E-state index is -0.451. The standard InChI is InChI=1S/C33H34N4O4/c38-32(24-6-2-7-25(18-24)33(39)41-22-29-10-4-16-40-29)36-27-9-1-5-23(17-27)20-37-15-13-28(21-37)35-31-11-3-8-26-19-34-14-12-30(26)31/h1-3,5-9,11-12,14,17-19,28-29,35H,4,10,13,15-16,20-22H2,(H,36,38). The van der Waals surface area contributed by atoms with Crippen LogP contribution >= 0.6 is 0 Å². The molecule has 0 aliphatic carbocycles. The molecule has 2 saturated heterocycles. The Bertz CT molecular complexity index is 1530. The van der Waals surface area contributed by atoms with Gasteiger partial charge in [-0.05, 0) is 67.3 Å². The summed E-state index contributed by atoms with van der Waals surface area (Å²) < 4.78 is 10.9. The van der Waals surface area contributed by atoms with Crippen molar-refractivity contribution in [2.75, 3.05) is 36.9 Å². The molecule has 2 atom stereocenters. The third-order valence-electron chi connectivity index (χ3n) is 7.69. The summed E-state index contributed by atoms with van der Waals surface area (Å²) in [4.78, 5) is 32.2. The summed E-state index contributed by atoms with van der Waals surface area (Å²) in [6.07, 6.45) is 6.63. The Balaban J connectivity index is 1.03. The number of hydrogen-bond acceptors (Lipinski definition) is 7. The number of fused-ring (bicyclic) bond motifs is 1. The van der Waals surface area contributed by atoms with Crippen LogP contribution in [-0.4, -0.2) is 60.2 Å². The van der Waals surface area contributed by atoms with E-state index in [1.54, 1.807) is 24.3 Å². The lowest BCUT2D eigenvalue weighted by Crippen LogP contribution is -2.26. The van der Waals surface area contributed by atoms with E-state index in [1.807, 2.05) is 30.6 Å². The van der Waals surface area contributed by atoms with Crippen molar-refractivity contribution in [3.63, 3.8) is 0 Å². The average molecular weight is 551 g/mol. The van der Waals surface area contributed by atoms with Gasteiger partial charge in [-0.1, -0.05) is 30.3 Å². The van der Waals surface area contributed by atoms with E-state index in [0.29, 0.717) is 23.8 Å². The molecule has 2 fully saturated rings. The number of anilines is 2. The van der Waals surface area contributed by atoms with Crippen molar-refractivity contribution in [1.29, 1.82) is 0 Å². The van der Waals surface area contributed by atoms with Crippen molar-refractivity contribution in [3.8, 4) is 0 Å². The van der Waals surface area contributed by atoms with E-state index in [9.17, 15) is 9.59 Å². The average Bonchev–Trinajstić information content (AvgIpc) is 3.69. The number of benzene rings is 3. The van der Waals surface area contributed by atoms with Gasteiger partial charge in [0.05, 0.1) is 11.7 Å². The van der Waals surface area contributed by atoms with Crippen LogP contribution in [0.1, 0.15) is 45.5 Å². The highest BCUT2D eigenvalue weighted by Crippen LogP contribution is 2.26. The van der Waals surface area contributed by atoms with Gasteiger partial charge in [-0.15, -0.1) is 0 Å². The van der Waals surface area contributed by atoms with Gasteiger partial charge in [0.2, 0.25) is 0 Å². The van der Waals surface area contributed by atoms with Crippen LogP contribution in [-0.2, 0) is 16.0 Å². The van der Waals surface area contributed by atoms with Crippen molar-refractivity contribution >= 4 is 34.0 Å². The number of nitrogens with zero attached hydrogens (tertiary/aromatic N) is 2. The highest BCUT2D eigenvalue weighted by molar-refractivity contribution is 6.05. The fourth-order valence-corrected chi connectivity index (χ4v) is 5.59. The molecule has 6 rings (SSSR count). The molecular formula is C33H34N4O4. The van der Waals surface area contributed by atoms with Gasteiger partial charge in [0.1, 0.15) is 6.61 Å². The highest BCUT2D eigenvalue weighted by Gasteiger charge is 2.23. The second-order valence-corrected chi connectivity index (χ2v) is 10.7. The van der Waals surface area contributed by atoms with Gasteiger partial charge in [0.15, 0.2) is 0 Å². The smallest absolute Gasteiger partial charge is 0.338 e. The molecule has 0 radical (unpaired) electrons. The first-order chi connectivity index (χ1) is 20.1. The molecule has 0 saturated carbocycles. The quantitative estimate of drug-likeness (QED) is 0.266. The number of pyridine rings is 1. The predicted molar refractivity (Wildman–Crippen MR) is 159 cm³/mol. The Hall–Kier alpha value is -4.27. The SMILES string of the molecule is O=C(Nc1cccc(CN2CCC(Nc3cccc4cnccc34)C2)c1)c1cccc(C(=O)OCC2CCCO2)c1. The van der Waals surface area contributed by atoms with Crippen LogP contribution in [0.2, 0.25) is 0 Å². The number of nitrogens with one attached hydrogen (secondary N) is 2. The molecule has 0 spiro atoms. The van der Waals surface area contributed by atoms with Gasteiger partial charge >= 0.3 is 5.97 Å². The van der Waals surface area contributed by atoms with Crippen molar-refractivity contribution in [2.45, 2.75) is 38.0 Å². The van der Waals surface area contributed by atoms with Crippen LogP contribution in [0.3, 0.4) is 0 Å². The normalized spacial score (nSPS) is 18.8. The number of likely N-dealkylation sites (tertiary alicyclic amines) is 1. The van der Waals surface area contributed by atoms with E-state index in [4.69, 9.17) is 9.47 Å². The minimum absolute atomic E-state index is 0.0395. The molecule has 4 aromatic rings. The summed E-state index contributed by atoms with van der Waals surface area (Å²) in [5.74, 6) is -0.723. The number of carbonyl (C=O) groups excluding carboxylic acids is 2. The molecular weight excluding hydrogens is 516 g/mol. The largest absolute Gasteiger partial charge is 0.459 e. The maximum Gasteiger partial charge on any atom is 0.338 e. The first kappa shape index (κ1) is 26.9. The maximum absolute atomic E-state index is 13.0. The summed E-state index contributed by atoms with van der Waals surface area (Å²) in [7, 11) is 0. The Morgan fingerprint density at radius 1 is 1.00 bits per heavy atom. The van der Waals surface area contributed by atoms with Crippen molar-refractivity contribution in [2.24, 2.45) is 0 Å². The molecule has 8 nitrogen and oxygen atoms in total. The first-order valence-corrected chi connectivity index (χ1v) is 14.2. The molecule has 210 valence electrons. The number of carbonyl (C=O) groups is 2. The third kappa shape index (κ3) is 6.73. The molecule has 3 aromatic carbocycles. The Morgan fingerprint density at radius 3 is 2.78 bits per heavy atom. The lowest BCUT2D eigenvalue weighted by atomic mass is 10.1. The summed E-state index contributed by atoms with van der Waals surface area (Å²) in [6, 6.07) is 23.2. The van der Waals surface area contributed by atoms with Crippen LogP contribution in [0.25, 0.3) is 10.8 Å². The van der Waals surface area contributed by atoms with Crippen molar-refractivity contribution < 1.29 is 19.1 Å². The van der Waals surface area contributed by atoms with Gasteiger partial charge in [-0.2, -0.15) is 0 Å². The molecule has 2 unspecified atom stereocenters. The fraction of sp³-hybridized carbons (Fsp3) is 0.303. The number of amides is 1. The van der Waals surface area contributed by atoms with Crippen LogP contribution in [0.4, 0.5) is 11.4 Å². The molecule has 8 heteroatoms. The third-order valence-corrected chi connectivity index (χ3v) is 7.69. The van der Waals surface area contributed by atoms with Gasteiger partial charge in [0, 0.05) is 72.4 Å². The lowest BCUT2D eigenvalue weighted by Gasteiger charge is -2.19. The van der Waals surface area contributed by atoms with E-state index in [0.717, 1.165) is 61.2 Å². The summed E-state index contributed by atoms with van der Waals surface area (Å²) in [5, 5.41) is 9.02. The lowest BCUT2D eigenvalue weighted by molar-refractivity contribution is 0.0161.